The standard InChI is InChI=1S/C8H11As/c1-2-7-4-3-5-8(9)6-7/h3-6H,2,9H2,1H3. The van der Waals surface area contributed by atoms with Gasteiger partial charge in [0.25, 0.3) is 0 Å². The SMILES string of the molecule is CCc1cccc([AsH2])c1. The third kappa shape index (κ3) is 1.87. The molecule has 1 unspecified atom stereocenters. The molecule has 0 radical (unpaired) electrons. The Morgan fingerprint density at radius 2 is 2.22 bits per heavy atom. The van der Waals surface area contributed by atoms with Crippen LogP contribution in [-0.4, -0.2) is 16.9 Å². The Morgan fingerprint density at radius 1 is 1.44 bits per heavy atom. The van der Waals surface area contributed by atoms with Crippen molar-refractivity contribution in [3.63, 3.8) is 0 Å². The average Bonchev–Trinajstić information content (AvgIpc) is 1.88. The van der Waals surface area contributed by atoms with Gasteiger partial charge in [0.2, 0.25) is 0 Å². The fraction of sp³-hybridized carbons (Fsp3) is 0.250. The third-order valence-corrected chi connectivity index (χ3v) is 2.11. The van der Waals surface area contributed by atoms with Crippen LogP contribution < -0.4 is 4.35 Å². The minimum absolute atomic E-state index is 1.15. The van der Waals surface area contributed by atoms with E-state index in [0.29, 0.717) is 0 Å². The monoisotopic (exact) mass is 182 g/mol. The van der Waals surface area contributed by atoms with Gasteiger partial charge in [0.1, 0.15) is 0 Å². The predicted octanol–water partition coefficient (Wildman–Crippen LogP) is 0.507. The molecule has 0 aliphatic rings. The number of aryl methyl sites for hydroxylation is 1. The molecule has 1 rings (SSSR count). The van der Waals surface area contributed by atoms with E-state index in [1.54, 1.807) is 16.9 Å². The first-order valence-corrected chi connectivity index (χ1v) is 4.38. The van der Waals surface area contributed by atoms with Crippen LogP contribution in [0.3, 0.4) is 0 Å². The van der Waals surface area contributed by atoms with E-state index in [1.165, 1.54) is 9.91 Å². The molecule has 1 atom stereocenters. The van der Waals surface area contributed by atoms with Gasteiger partial charge in [0.15, 0.2) is 0 Å². The summed E-state index contributed by atoms with van der Waals surface area (Å²) in [6.07, 6.45) is 1.15. The van der Waals surface area contributed by atoms with Gasteiger partial charge in [-0.1, -0.05) is 0 Å². The van der Waals surface area contributed by atoms with Gasteiger partial charge in [0.05, 0.1) is 0 Å². The molecule has 1 aromatic rings. The van der Waals surface area contributed by atoms with Crippen molar-refractivity contribution in [2.45, 2.75) is 13.3 Å². The summed E-state index contributed by atoms with van der Waals surface area (Å²) in [5, 5.41) is 0. The van der Waals surface area contributed by atoms with Crippen molar-refractivity contribution < 1.29 is 0 Å². The van der Waals surface area contributed by atoms with E-state index < -0.39 is 0 Å². The fourth-order valence-corrected chi connectivity index (χ4v) is 1.50. The summed E-state index contributed by atoms with van der Waals surface area (Å²) in [7, 11) is 0. The van der Waals surface area contributed by atoms with E-state index in [2.05, 4.69) is 31.2 Å². The van der Waals surface area contributed by atoms with Gasteiger partial charge in [-0.05, 0) is 0 Å². The first-order valence-electron chi connectivity index (χ1n) is 3.17. The number of benzene rings is 1. The molecule has 0 heterocycles. The zero-order valence-electron chi connectivity index (χ0n) is 5.59. The van der Waals surface area contributed by atoms with Crippen LogP contribution in [0, 0.1) is 0 Å². The molecular weight excluding hydrogens is 171 g/mol. The summed E-state index contributed by atoms with van der Waals surface area (Å²) in [5.41, 5.74) is 1.44. The van der Waals surface area contributed by atoms with E-state index in [9.17, 15) is 0 Å². The Hall–Kier alpha value is -0.222. The zero-order chi connectivity index (χ0) is 6.69. The topological polar surface area (TPSA) is 0 Å². The molecule has 9 heavy (non-hydrogen) atoms. The Labute approximate surface area is 64.8 Å². The maximum atomic E-state index is 2.25. The van der Waals surface area contributed by atoms with Gasteiger partial charge in [0, 0.05) is 0 Å². The van der Waals surface area contributed by atoms with Crippen molar-refractivity contribution in [2.24, 2.45) is 0 Å². The fourth-order valence-electron chi connectivity index (χ4n) is 0.813. The molecule has 1 heteroatoms. The Bertz CT molecular complexity index is 194. The number of rotatable bonds is 1. The van der Waals surface area contributed by atoms with Crippen molar-refractivity contribution in [1.29, 1.82) is 0 Å². The third-order valence-electron chi connectivity index (χ3n) is 1.36. The normalized spacial score (nSPS) is 9.56. The summed E-state index contributed by atoms with van der Waals surface area (Å²) in [6, 6.07) is 8.69. The second-order valence-corrected chi connectivity index (χ2v) is 3.50. The van der Waals surface area contributed by atoms with Gasteiger partial charge < -0.3 is 0 Å². The Morgan fingerprint density at radius 3 is 2.67 bits per heavy atom. The molecule has 48 valence electrons. The van der Waals surface area contributed by atoms with Crippen molar-refractivity contribution in [3.8, 4) is 0 Å². The van der Waals surface area contributed by atoms with Crippen LogP contribution in [0.15, 0.2) is 24.3 Å². The van der Waals surface area contributed by atoms with Crippen LogP contribution in [0.5, 0.6) is 0 Å². The minimum atomic E-state index is 1.15. The van der Waals surface area contributed by atoms with Crippen LogP contribution >= 0.6 is 0 Å². The molecular formula is C8H11As. The van der Waals surface area contributed by atoms with Gasteiger partial charge in [-0.25, -0.2) is 0 Å². The second kappa shape index (κ2) is 3.08. The van der Waals surface area contributed by atoms with Crippen molar-refractivity contribution in [1.82, 2.24) is 0 Å². The van der Waals surface area contributed by atoms with Gasteiger partial charge >= 0.3 is 64.4 Å². The molecule has 0 fully saturated rings. The van der Waals surface area contributed by atoms with E-state index in [4.69, 9.17) is 0 Å². The van der Waals surface area contributed by atoms with Crippen LogP contribution in [0.1, 0.15) is 12.5 Å². The van der Waals surface area contributed by atoms with E-state index in [1.807, 2.05) is 0 Å². The van der Waals surface area contributed by atoms with Crippen LogP contribution in [0.4, 0.5) is 0 Å². The van der Waals surface area contributed by atoms with Crippen molar-refractivity contribution in [3.05, 3.63) is 29.8 Å². The summed E-state index contributed by atoms with van der Waals surface area (Å²) in [6.45, 7) is 2.18. The van der Waals surface area contributed by atoms with E-state index in [-0.39, 0.29) is 0 Å². The molecule has 0 amide bonds. The Balaban J connectivity index is 2.94. The molecule has 0 spiro atoms. The number of hydrogen-bond donors (Lipinski definition) is 0. The van der Waals surface area contributed by atoms with Gasteiger partial charge in [-0.15, -0.1) is 0 Å². The van der Waals surface area contributed by atoms with Crippen molar-refractivity contribution >= 4 is 21.2 Å². The molecule has 0 aliphatic heterocycles. The number of hydrogen-bond acceptors (Lipinski definition) is 0. The maximum absolute atomic E-state index is 2.25. The van der Waals surface area contributed by atoms with Crippen LogP contribution in [0.25, 0.3) is 0 Å². The average molecular weight is 182 g/mol. The van der Waals surface area contributed by atoms with Crippen LogP contribution in [-0.2, 0) is 6.42 Å². The molecule has 0 N–H and O–H groups in total. The molecule has 0 bridgehead atoms. The summed E-state index contributed by atoms with van der Waals surface area (Å²) in [5.74, 6) is 0. The summed E-state index contributed by atoms with van der Waals surface area (Å²) in [4.78, 5) is 0. The molecule has 1 aromatic carbocycles. The quantitative estimate of drug-likeness (QED) is 0.555. The molecule has 0 aromatic heterocycles. The summed E-state index contributed by atoms with van der Waals surface area (Å²) >= 11 is 1.70. The molecule has 0 saturated carbocycles. The van der Waals surface area contributed by atoms with Crippen LogP contribution in [0.2, 0.25) is 0 Å². The molecule has 0 aliphatic carbocycles. The molecule has 0 saturated heterocycles. The van der Waals surface area contributed by atoms with Gasteiger partial charge in [-0.3, -0.25) is 0 Å². The predicted molar refractivity (Wildman–Crippen MR) is 44.0 cm³/mol. The summed E-state index contributed by atoms with van der Waals surface area (Å²) < 4.78 is 1.42. The van der Waals surface area contributed by atoms with E-state index in [0.717, 1.165) is 6.42 Å². The van der Waals surface area contributed by atoms with Crippen molar-refractivity contribution in [2.75, 3.05) is 0 Å². The molecule has 0 nitrogen and oxygen atoms in total. The first kappa shape index (κ1) is 6.89. The van der Waals surface area contributed by atoms with Gasteiger partial charge in [-0.2, -0.15) is 0 Å². The second-order valence-electron chi connectivity index (χ2n) is 2.10. The van der Waals surface area contributed by atoms with E-state index >= 15 is 0 Å². The first-order chi connectivity index (χ1) is 4.33. The Kier molecular flexibility index (Phi) is 2.36. The zero-order valence-corrected chi connectivity index (χ0v) is 8.02.